The summed E-state index contributed by atoms with van der Waals surface area (Å²) in [5, 5.41) is 10.0. The number of amides is 1. The van der Waals surface area contributed by atoms with Crippen molar-refractivity contribution in [2.45, 2.75) is 25.0 Å². The lowest BCUT2D eigenvalue weighted by atomic mass is 10.0. The minimum absolute atomic E-state index is 0.246. The quantitative estimate of drug-likeness (QED) is 0.836. The molecule has 1 aliphatic rings. The van der Waals surface area contributed by atoms with Crippen LogP contribution in [0.5, 0.6) is 0 Å². The third kappa shape index (κ3) is 2.68. The molecule has 1 fully saturated rings. The lowest BCUT2D eigenvalue weighted by molar-refractivity contribution is -0.134. The lowest BCUT2D eigenvalue weighted by Gasteiger charge is -2.24. The van der Waals surface area contributed by atoms with Crippen molar-refractivity contribution in [3.05, 3.63) is 35.6 Å². The van der Waals surface area contributed by atoms with Gasteiger partial charge in [0, 0.05) is 13.1 Å². The predicted octanol–water partition coefficient (Wildman–Crippen LogP) is 0.809. The number of likely N-dealkylation sites (tertiary alicyclic amines) is 1. The van der Waals surface area contributed by atoms with Crippen LogP contribution in [-0.4, -0.2) is 35.0 Å². The Labute approximate surface area is 105 Å². The minimum Gasteiger partial charge on any atom is -0.386 e. The van der Waals surface area contributed by atoms with E-state index in [0.717, 1.165) is 12.8 Å². The van der Waals surface area contributed by atoms with Gasteiger partial charge in [-0.2, -0.15) is 0 Å². The molecule has 1 heterocycles. The molecule has 4 nitrogen and oxygen atoms in total. The lowest BCUT2D eigenvalue weighted by Crippen LogP contribution is -2.45. The Hall–Kier alpha value is -1.46. The van der Waals surface area contributed by atoms with Gasteiger partial charge in [-0.25, -0.2) is 4.39 Å². The van der Waals surface area contributed by atoms with Crippen LogP contribution in [0.25, 0.3) is 0 Å². The Morgan fingerprint density at radius 2 is 1.83 bits per heavy atom. The number of hydrogen-bond donors (Lipinski definition) is 2. The first-order valence-electron chi connectivity index (χ1n) is 6.07. The fraction of sp³-hybridized carbons (Fsp3) is 0.462. The summed E-state index contributed by atoms with van der Waals surface area (Å²) < 4.78 is 12.8. The normalized spacial score (nSPS) is 18.7. The first-order valence-corrected chi connectivity index (χ1v) is 6.07. The molecule has 1 aromatic rings. The highest BCUT2D eigenvalue weighted by Gasteiger charge is 2.29. The largest absolute Gasteiger partial charge is 0.386 e. The van der Waals surface area contributed by atoms with Gasteiger partial charge in [-0.1, -0.05) is 12.1 Å². The first-order chi connectivity index (χ1) is 8.59. The number of aliphatic hydroxyl groups is 1. The van der Waals surface area contributed by atoms with Crippen molar-refractivity contribution in [1.29, 1.82) is 0 Å². The summed E-state index contributed by atoms with van der Waals surface area (Å²) in [6.45, 7) is 1.39. The van der Waals surface area contributed by atoms with Crippen LogP contribution >= 0.6 is 0 Å². The third-order valence-electron chi connectivity index (χ3n) is 3.25. The second-order valence-corrected chi connectivity index (χ2v) is 4.55. The molecule has 0 bridgehead atoms. The van der Waals surface area contributed by atoms with E-state index in [0.29, 0.717) is 18.7 Å². The number of halogens is 1. The van der Waals surface area contributed by atoms with Crippen LogP contribution in [0.3, 0.4) is 0 Å². The molecule has 2 rings (SSSR count). The summed E-state index contributed by atoms with van der Waals surface area (Å²) in [6.07, 6.45) is 0.856. The maximum atomic E-state index is 12.8. The van der Waals surface area contributed by atoms with Crippen molar-refractivity contribution in [3.8, 4) is 0 Å². The number of aliphatic hydroxyl groups excluding tert-OH is 1. The molecule has 0 radical (unpaired) electrons. The van der Waals surface area contributed by atoms with E-state index in [9.17, 15) is 14.3 Å². The Morgan fingerprint density at radius 3 is 2.39 bits per heavy atom. The smallest absolute Gasteiger partial charge is 0.242 e. The maximum absolute atomic E-state index is 12.8. The van der Waals surface area contributed by atoms with Gasteiger partial charge in [-0.15, -0.1) is 0 Å². The van der Waals surface area contributed by atoms with Crippen molar-refractivity contribution in [3.63, 3.8) is 0 Å². The Bertz CT molecular complexity index is 416. The third-order valence-corrected chi connectivity index (χ3v) is 3.25. The van der Waals surface area contributed by atoms with Gasteiger partial charge in [0.2, 0.25) is 5.91 Å². The number of rotatable bonds is 3. The summed E-state index contributed by atoms with van der Waals surface area (Å²) >= 11 is 0. The van der Waals surface area contributed by atoms with Gasteiger partial charge in [-0.05, 0) is 30.5 Å². The SMILES string of the molecule is N[C@@H](C(=O)N1CCCC1)[C@@H](O)c1ccc(F)cc1. The molecule has 98 valence electrons. The van der Waals surface area contributed by atoms with E-state index >= 15 is 0 Å². The van der Waals surface area contributed by atoms with Crippen molar-refractivity contribution < 1.29 is 14.3 Å². The molecular formula is C13H17FN2O2. The van der Waals surface area contributed by atoms with Crippen LogP contribution in [-0.2, 0) is 4.79 Å². The van der Waals surface area contributed by atoms with E-state index in [1.54, 1.807) is 4.90 Å². The van der Waals surface area contributed by atoms with E-state index in [1.165, 1.54) is 24.3 Å². The van der Waals surface area contributed by atoms with Crippen molar-refractivity contribution in [2.24, 2.45) is 5.73 Å². The molecule has 0 aliphatic carbocycles. The molecule has 5 heteroatoms. The molecule has 2 atom stereocenters. The van der Waals surface area contributed by atoms with Gasteiger partial charge in [0.05, 0.1) is 0 Å². The van der Waals surface area contributed by atoms with Crippen LogP contribution in [0.4, 0.5) is 4.39 Å². The average Bonchev–Trinajstić information content (AvgIpc) is 2.91. The number of carbonyl (C=O) groups excluding carboxylic acids is 1. The van der Waals surface area contributed by atoms with Gasteiger partial charge in [-0.3, -0.25) is 4.79 Å². The van der Waals surface area contributed by atoms with Gasteiger partial charge in [0.1, 0.15) is 18.0 Å². The summed E-state index contributed by atoms with van der Waals surface area (Å²) in [4.78, 5) is 13.7. The Balaban J connectivity index is 2.05. The fourth-order valence-electron chi connectivity index (χ4n) is 2.15. The second-order valence-electron chi connectivity index (χ2n) is 4.55. The molecule has 18 heavy (non-hydrogen) atoms. The number of nitrogens with zero attached hydrogens (tertiary/aromatic N) is 1. The van der Waals surface area contributed by atoms with Gasteiger partial charge >= 0.3 is 0 Å². The van der Waals surface area contributed by atoms with Gasteiger partial charge in [0.25, 0.3) is 0 Å². The van der Waals surface area contributed by atoms with Crippen LogP contribution in [0.2, 0.25) is 0 Å². The Morgan fingerprint density at radius 1 is 1.28 bits per heavy atom. The molecule has 0 spiro atoms. The fourth-order valence-corrected chi connectivity index (χ4v) is 2.15. The number of nitrogens with two attached hydrogens (primary N) is 1. The molecule has 3 N–H and O–H groups in total. The minimum atomic E-state index is -1.10. The van der Waals surface area contributed by atoms with Crippen LogP contribution in [0.1, 0.15) is 24.5 Å². The standard InChI is InChI=1S/C13H17FN2O2/c14-10-5-3-9(4-6-10)12(17)11(15)13(18)16-7-1-2-8-16/h3-6,11-12,17H,1-2,7-8,15H2/t11-,12+/m1/s1. The average molecular weight is 252 g/mol. The second kappa shape index (κ2) is 5.46. The zero-order valence-corrected chi connectivity index (χ0v) is 10.1. The van der Waals surface area contributed by atoms with E-state index in [2.05, 4.69) is 0 Å². The molecule has 0 saturated carbocycles. The van der Waals surface area contributed by atoms with E-state index < -0.39 is 12.1 Å². The first kappa shape index (κ1) is 13.0. The Kier molecular flexibility index (Phi) is 3.93. The summed E-state index contributed by atoms with van der Waals surface area (Å²) in [6, 6.07) is 4.37. The van der Waals surface area contributed by atoms with Crippen LogP contribution < -0.4 is 5.73 Å². The highest BCUT2D eigenvalue weighted by atomic mass is 19.1. The maximum Gasteiger partial charge on any atom is 0.242 e. The summed E-state index contributed by atoms with van der Waals surface area (Å²) in [5.74, 6) is -0.630. The molecular weight excluding hydrogens is 235 g/mol. The monoisotopic (exact) mass is 252 g/mol. The van der Waals surface area contributed by atoms with Crippen LogP contribution in [0.15, 0.2) is 24.3 Å². The number of benzene rings is 1. The number of hydrogen-bond acceptors (Lipinski definition) is 3. The molecule has 1 saturated heterocycles. The van der Waals surface area contributed by atoms with Crippen LogP contribution in [0, 0.1) is 5.82 Å². The van der Waals surface area contributed by atoms with Gasteiger partial charge in [0.15, 0.2) is 0 Å². The number of carbonyl (C=O) groups is 1. The molecule has 1 amide bonds. The molecule has 0 aromatic heterocycles. The highest BCUT2D eigenvalue weighted by molar-refractivity contribution is 5.82. The van der Waals surface area contributed by atoms with Crippen molar-refractivity contribution >= 4 is 5.91 Å². The van der Waals surface area contributed by atoms with E-state index in [-0.39, 0.29) is 11.7 Å². The zero-order valence-electron chi connectivity index (χ0n) is 10.1. The zero-order chi connectivity index (χ0) is 13.1. The predicted molar refractivity (Wildman–Crippen MR) is 65.1 cm³/mol. The van der Waals surface area contributed by atoms with Gasteiger partial charge < -0.3 is 15.7 Å². The highest BCUT2D eigenvalue weighted by Crippen LogP contribution is 2.19. The van der Waals surface area contributed by atoms with E-state index in [4.69, 9.17) is 5.73 Å². The molecule has 1 aromatic carbocycles. The summed E-state index contributed by atoms with van der Waals surface area (Å²) in [5.41, 5.74) is 6.23. The summed E-state index contributed by atoms with van der Waals surface area (Å²) in [7, 11) is 0. The topological polar surface area (TPSA) is 66.6 Å². The molecule has 0 unspecified atom stereocenters. The van der Waals surface area contributed by atoms with Crippen molar-refractivity contribution in [1.82, 2.24) is 4.90 Å². The van der Waals surface area contributed by atoms with Crippen molar-refractivity contribution in [2.75, 3.05) is 13.1 Å². The molecule has 1 aliphatic heterocycles. The van der Waals surface area contributed by atoms with E-state index in [1.807, 2.05) is 0 Å².